The van der Waals surface area contributed by atoms with Gasteiger partial charge in [0.1, 0.15) is 22.9 Å². The number of carbonyl (C=O) groups is 4. The summed E-state index contributed by atoms with van der Waals surface area (Å²) >= 11 is 0. The van der Waals surface area contributed by atoms with E-state index in [1.54, 1.807) is 18.2 Å². The second-order valence-corrected chi connectivity index (χ2v) is 10.4. The first-order chi connectivity index (χ1) is 18.8. The highest BCUT2D eigenvalue weighted by Gasteiger charge is 2.64. The number of primary amides is 1. The fourth-order valence-corrected chi connectivity index (χ4v) is 6.15. The Morgan fingerprint density at radius 1 is 1.12 bits per heavy atom. The summed E-state index contributed by atoms with van der Waals surface area (Å²) < 4.78 is 15.4. The molecule has 3 aliphatic carbocycles. The minimum atomic E-state index is -2.81. The number of fused-ring (bicyclic) bond motifs is 3. The Bertz CT molecular complexity index is 1570. The van der Waals surface area contributed by atoms with Crippen LogP contribution in [0.3, 0.4) is 0 Å². The predicted octanol–water partition coefficient (Wildman–Crippen LogP) is 1.78. The molecule has 1 saturated carbocycles. The Morgan fingerprint density at radius 3 is 2.34 bits per heavy atom. The summed E-state index contributed by atoms with van der Waals surface area (Å²) in [7, 11) is 2.97. The number of aliphatic hydroxyl groups is 3. The van der Waals surface area contributed by atoms with Crippen molar-refractivity contribution >= 4 is 47.2 Å². The summed E-state index contributed by atoms with van der Waals surface area (Å²) in [6.07, 6.45) is -0.376. The van der Waals surface area contributed by atoms with Crippen molar-refractivity contribution in [3.63, 3.8) is 0 Å². The van der Waals surface area contributed by atoms with Gasteiger partial charge in [0.25, 0.3) is 11.8 Å². The smallest absolute Gasteiger partial charge is 0.255 e. The molecule has 2 aromatic rings. The quantitative estimate of drug-likeness (QED) is 0.229. The lowest BCUT2D eigenvalue weighted by molar-refractivity contribution is -0.153. The lowest BCUT2D eigenvalue weighted by atomic mass is 9.57. The average Bonchev–Trinajstić information content (AvgIpc) is 2.89. The van der Waals surface area contributed by atoms with Crippen molar-refractivity contribution < 1.29 is 44.0 Å². The molecule has 7 N–H and O–H groups in total. The largest absolute Gasteiger partial charge is 0.508 e. The van der Waals surface area contributed by atoms with E-state index in [-0.39, 0.29) is 42.1 Å². The molecule has 3 aliphatic rings. The number of phenols is 1. The van der Waals surface area contributed by atoms with Crippen molar-refractivity contribution in [2.45, 2.75) is 24.5 Å². The molecule has 2 amide bonds. The maximum atomic E-state index is 15.4. The van der Waals surface area contributed by atoms with E-state index in [9.17, 15) is 39.6 Å². The van der Waals surface area contributed by atoms with Crippen molar-refractivity contribution in [3.05, 3.63) is 75.8 Å². The van der Waals surface area contributed by atoms with Crippen molar-refractivity contribution in [3.8, 4) is 5.75 Å². The monoisotopic (exact) mass is 587 g/mol. The van der Waals surface area contributed by atoms with Crippen LogP contribution in [0.5, 0.6) is 5.75 Å². The fourth-order valence-electron chi connectivity index (χ4n) is 6.15. The van der Waals surface area contributed by atoms with Crippen LogP contribution >= 0.6 is 12.4 Å². The number of hydrogen-bond acceptors (Lipinski definition) is 9. The Morgan fingerprint density at radius 2 is 1.76 bits per heavy atom. The van der Waals surface area contributed by atoms with E-state index in [0.29, 0.717) is 0 Å². The molecule has 0 bridgehead atoms. The molecule has 5 rings (SSSR count). The normalized spacial score (nSPS) is 25.2. The molecule has 41 heavy (non-hydrogen) atoms. The second kappa shape index (κ2) is 10.3. The van der Waals surface area contributed by atoms with Gasteiger partial charge in [0.05, 0.1) is 17.3 Å². The zero-order valence-corrected chi connectivity index (χ0v) is 22.7. The van der Waals surface area contributed by atoms with Crippen molar-refractivity contribution in [1.29, 1.82) is 0 Å². The van der Waals surface area contributed by atoms with Crippen LogP contribution in [-0.4, -0.2) is 74.4 Å². The molecule has 0 unspecified atom stereocenters. The highest BCUT2D eigenvalue weighted by molar-refractivity contribution is 6.24. The molecule has 0 saturated heterocycles. The van der Waals surface area contributed by atoms with E-state index in [1.165, 1.54) is 31.1 Å². The van der Waals surface area contributed by atoms with Gasteiger partial charge in [-0.1, -0.05) is 18.2 Å². The number of halogens is 2. The first kappa shape index (κ1) is 29.7. The van der Waals surface area contributed by atoms with E-state index < -0.39 is 86.7 Å². The van der Waals surface area contributed by atoms with Crippen LogP contribution in [-0.2, 0) is 20.8 Å². The van der Waals surface area contributed by atoms with Crippen molar-refractivity contribution in [2.24, 2.45) is 17.6 Å². The minimum absolute atomic E-state index is 0. The number of nitrogens with two attached hydrogens (primary N) is 1. The molecule has 0 aliphatic heterocycles. The third-order valence-corrected chi connectivity index (χ3v) is 7.95. The van der Waals surface area contributed by atoms with Gasteiger partial charge >= 0.3 is 0 Å². The standard InChI is InChI=1S/C28H26FN3O8.ClH/c1-32(2)20-14-9-12-8-13-15(29)10-16(31-27(39)11-6-4-3-5-7-11)21(33)18(13)22(34)17(12)24(36)28(14,40)25(37)19(23(20)35)26(30)38;/h3-7,10,12,14,20,33-34,37,40H,8-9H2,1-2H3,(H2,30,38)(H,31,39);1H/t12-,14-,20-,28-;/m0./s1. The second-order valence-electron chi connectivity index (χ2n) is 10.4. The molecule has 216 valence electrons. The number of nitrogens with one attached hydrogen (secondary N) is 1. The summed E-state index contributed by atoms with van der Waals surface area (Å²) in [6, 6.07) is 7.56. The number of likely N-dealkylation sites (N-methyl/N-ethyl adjacent to an activating group) is 1. The minimum Gasteiger partial charge on any atom is -0.508 e. The molecule has 0 heterocycles. The number of ketones is 2. The number of hydrogen-bond donors (Lipinski definition) is 6. The van der Waals surface area contributed by atoms with Gasteiger partial charge in [-0.05, 0) is 45.0 Å². The van der Waals surface area contributed by atoms with E-state index in [1.807, 2.05) is 0 Å². The van der Waals surface area contributed by atoms with Gasteiger partial charge in [-0.3, -0.25) is 24.1 Å². The number of anilines is 1. The fraction of sp³-hybridized carbons (Fsp3) is 0.286. The number of carbonyl (C=O) groups excluding carboxylic acids is 4. The highest BCUT2D eigenvalue weighted by atomic mass is 35.5. The summed E-state index contributed by atoms with van der Waals surface area (Å²) in [5.41, 5.74) is 0.394. The van der Waals surface area contributed by atoms with E-state index in [0.717, 1.165) is 6.07 Å². The third-order valence-electron chi connectivity index (χ3n) is 7.95. The number of aliphatic hydroxyl groups excluding tert-OH is 2. The number of nitrogens with zero attached hydrogens (tertiary/aromatic N) is 1. The highest BCUT2D eigenvalue weighted by Crippen LogP contribution is 2.53. The third kappa shape index (κ3) is 4.26. The summed E-state index contributed by atoms with van der Waals surface area (Å²) in [5, 5.41) is 47.1. The Kier molecular flexibility index (Phi) is 7.46. The molecule has 0 spiro atoms. The van der Waals surface area contributed by atoms with Crippen LogP contribution in [0.4, 0.5) is 10.1 Å². The number of aromatic hydroxyl groups is 1. The molecular formula is C28H27ClFN3O8. The predicted molar refractivity (Wildman–Crippen MR) is 146 cm³/mol. The molecule has 11 nitrogen and oxygen atoms in total. The van der Waals surface area contributed by atoms with Gasteiger partial charge in [0.2, 0.25) is 5.78 Å². The lowest BCUT2D eigenvalue weighted by Crippen LogP contribution is -2.65. The topological polar surface area (TPSA) is 190 Å². The van der Waals surface area contributed by atoms with Crippen LogP contribution in [0.15, 0.2) is 53.3 Å². The Balaban J connectivity index is 0.00000387. The maximum Gasteiger partial charge on any atom is 0.255 e. The molecule has 2 aromatic carbocycles. The van der Waals surface area contributed by atoms with E-state index in [2.05, 4.69) is 5.32 Å². The molecule has 13 heteroatoms. The molecule has 0 radical (unpaired) electrons. The summed E-state index contributed by atoms with van der Waals surface area (Å²) in [5.74, 6) is -9.97. The molecule has 0 aromatic heterocycles. The number of Topliss-reactive ketones (excluding diaryl/α,β-unsaturated/α-hetero) is 2. The van der Waals surface area contributed by atoms with Crippen LogP contribution < -0.4 is 11.1 Å². The lowest BCUT2D eigenvalue weighted by Gasteiger charge is -2.50. The van der Waals surface area contributed by atoms with E-state index in [4.69, 9.17) is 5.73 Å². The Hall–Kier alpha value is -4.26. The molecule has 1 fully saturated rings. The van der Waals surface area contributed by atoms with Gasteiger partial charge in [0.15, 0.2) is 17.1 Å². The number of amides is 2. The summed E-state index contributed by atoms with van der Waals surface area (Å²) in [4.78, 5) is 53.0. The number of benzene rings is 2. The van der Waals surface area contributed by atoms with Gasteiger partial charge in [-0.2, -0.15) is 0 Å². The van der Waals surface area contributed by atoms with Gasteiger partial charge in [-0.15, -0.1) is 12.4 Å². The average molecular weight is 588 g/mol. The van der Waals surface area contributed by atoms with Gasteiger partial charge in [-0.25, -0.2) is 4.39 Å². The zero-order valence-electron chi connectivity index (χ0n) is 21.8. The van der Waals surface area contributed by atoms with Crippen molar-refractivity contribution in [1.82, 2.24) is 4.90 Å². The van der Waals surface area contributed by atoms with Crippen LogP contribution in [0, 0.1) is 17.7 Å². The zero-order chi connectivity index (χ0) is 29.3. The van der Waals surface area contributed by atoms with Crippen LogP contribution in [0.25, 0.3) is 5.76 Å². The molecule has 4 atom stereocenters. The maximum absolute atomic E-state index is 15.4. The number of phenolic OH excluding ortho intramolecular Hbond substituents is 1. The van der Waals surface area contributed by atoms with Gasteiger partial charge < -0.3 is 31.5 Å². The molecular weight excluding hydrogens is 561 g/mol. The first-order valence-electron chi connectivity index (χ1n) is 12.4. The van der Waals surface area contributed by atoms with E-state index >= 15 is 4.39 Å². The van der Waals surface area contributed by atoms with Crippen LogP contribution in [0.2, 0.25) is 0 Å². The van der Waals surface area contributed by atoms with Crippen LogP contribution in [0.1, 0.15) is 27.9 Å². The Labute approximate surface area is 239 Å². The first-order valence-corrected chi connectivity index (χ1v) is 12.4. The van der Waals surface area contributed by atoms with Gasteiger partial charge in [0, 0.05) is 28.7 Å². The SMILES string of the molecule is CN(C)[C@@H]1C(=O)C(C(N)=O)=C(O)[C@@]2(O)C(=O)C3=C(O)c4c(O)c(NC(=O)c5ccccc5)cc(F)c4C[C@H]3C[C@@H]12.Cl. The summed E-state index contributed by atoms with van der Waals surface area (Å²) in [6.45, 7) is 0. The van der Waals surface area contributed by atoms with Crippen molar-refractivity contribution in [2.75, 3.05) is 19.4 Å². The number of rotatable bonds is 4.